The molecule has 7 N–H and O–H groups in total. The van der Waals surface area contributed by atoms with Crippen LogP contribution in [0.1, 0.15) is 88.9 Å². The van der Waals surface area contributed by atoms with Crippen LogP contribution in [0.4, 0.5) is 47.0 Å². The van der Waals surface area contributed by atoms with Gasteiger partial charge in [-0.2, -0.15) is 35.1 Å². The van der Waals surface area contributed by atoms with Crippen molar-refractivity contribution in [1.82, 2.24) is 36.2 Å². The lowest BCUT2D eigenvalue weighted by Crippen LogP contribution is -2.44. The molecule has 13 nitrogen and oxygen atoms in total. The maximum absolute atomic E-state index is 12.8. The molecule has 0 atom stereocenters. The number of nitrogens with two attached hydrogens (primary N) is 1. The summed E-state index contributed by atoms with van der Waals surface area (Å²) in [5, 5.41) is 6.28. The molecule has 2 fully saturated rings. The number of alkyl halides is 8. The highest BCUT2D eigenvalue weighted by Gasteiger charge is 2.41. The molecule has 56 heavy (non-hydrogen) atoms. The molecule has 2 aliphatic carbocycles. The average Bonchev–Trinajstić information content (AvgIpc) is 3.13. The van der Waals surface area contributed by atoms with E-state index in [0.717, 1.165) is 67.9 Å². The van der Waals surface area contributed by atoms with Crippen molar-refractivity contribution < 1.29 is 49.5 Å². The molecule has 4 aromatic rings. The molecule has 3 amide bonds. The Bertz CT molecular complexity index is 1950. The number of hydrogen-bond donors (Lipinski definition) is 6. The van der Waals surface area contributed by atoms with Crippen LogP contribution in [-0.2, 0) is 28.2 Å². The lowest BCUT2D eigenvalue weighted by Gasteiger charge is -2.43. The minimum Gasteiger partial charge on any atom is -0.345 e. The number of nitrogens with one attached hydrogen (secondary N) is 5. The number of carbonyl (C=O) groups excluding carboxylic acids is 3. The molecule has 2 aromatic carbocycles. The number of hydrazine groups is 2. The fourth-order valence-corrected chi connectivity index (χ4v) is 5.76. The largest absolute Gasteiger partial charge is 0.416 e. The first-order valence-electron chi connectivity index (χ1n) is 16.4. The van der Waals surface area contributed by atoms with Crippen LogP contribution in [-0.4, -0.2) is 44.1 Å². The van der Waals surface area contributed by atoms with Crippen LogP contribution in [0.5, 0.6) is 0 Å². The van der Waals surface area contributed by atoms with Crippen LogP contribution >= 0.6 is 0 Å². The molecule has 0 unspecified atom stereocenters. The molecule has 300 valence electrons. The van der Waals surface area contributed by atoms with E-state index in [2.05, 4.69) is 30.6 Å². The normalized spacial score (nSPS) is 15.3. The van der Waals surface area contributed by atoms with Gasteiger partial charge < -0.3 is 10.6 Å². The van der Waals surface area contributed by atoms with Gasteiger partial charge in [0, 0.05) is 24.8 Å². The number of carbonyl (C=O) groups is 3. The Morgan fingerprint density at radius 2 is 0.964 bits per heavy atom. The topological polar surface area (TPSA) is 189 Å². The van der Waals surface area contributed by atoms with Gasteiger partial charge >= 0.3 is 24.7 Å². The van der Waals surface area contributed by atoms with Crippen LogP contribution in [0.25, 0.3) is 0 Å². The smallest absolute Gasteiger partial charge is 0.345 e. The second-order valence-electron chi connectivity index (χ2n) is 12.6. The number of nitrogens with zero attached hydrogens (tertiary/aromatic N) is 4. The summed E-state index contributed by atoms with van der Waals surface area (Å²) in [5.74, 6) is 2.42. The van der Waals surface area contributed by atoms with Crippen molar-refractivity contribution in [3.05, 3.63) is 107 Å². The van der Waals surface area contributed by atoms with Gasteiger partial charge in [0.2, 0.25) is 11.9 Å². The second kappa shape index (κ2) is 17.2. The van der Waals surface area contributed by atoms with Crippen molar-refractivity contribution in [2.45, 2.75) is 75.8 Å². The molecule has 0 aliphatic heterocycles. The third-order valence-electron chi connectivity index (χ3n) is 9.10. The van der Waals surface area contributed by atoms with Crippen molar-refractivity contribution in [3.8, 4) is 0 Å². The van der Waals surface area contributed by atoms with Gasteiger partial charge in [-0.1, -0.05) is 31.7 Å². The molecule has 0 spiro atoms. The fraction of sp³-hybridized carbons (Fsp3) is 0.343. The van der Waals surface area contributed by atoms with E-state index in [0.29, 0.717) is 24.4 Å². The fourth-order valence-electron chi connectivity index (χ4n) is 5.76. The van der Waals surface area contributed by atoms with Gasteiger partial charge in [0.05, 0.1) is 33.3 Å². The first-order valence-corrected chi connectivity index (χ1v) is 16.4. The van der Waals surface area contributed by atoms with Gasteiger partial charge in [-0.3, -0.25) is 30.7 Å². The van der Waals surface area contributed by atoms with E-state index in [1.807, 2.05) is 5.43 Å². The summed E-state index contributed by atoms with van der Waals surface area (Å²) in [4.78, 5) is 50.1. The Labute approximate surface area is 314 Å². The van der Waals surface area contributed by atoms with Crippen molar-refractivity contribution >= 4 is 29.6 Å². The van der Waals surface area contributed by atoms with E-state index in [-0.39, 0.29) is 24.5 Å². The lowest BCUT2D eigenvalue weighted by molar-refractivity contribution is -0.138. The minimum atomic E-state index is -4.42. The Hall–Kier alpha value is -5.99. The molecule has 2 saturated carbocycles. The lowest BCUT2D eigenvalue weighted by atomic mass is 9.71. The zero-order valence-electron chi connectivity index (χ0n) is 28.4. The zero-order valence-corrected chi connectivity index (χ0v) is 28.4. The Morgan fingerprint density at radius 1 is 0.607 bits per heavy atom. The number of nitrogen functional groups attached to an aromatic ring is 1. The Kier molecular flexibility index (Phi) is 13.1. The van der Waals surface area contributed by atoms with Gasteiger partial charge in [0.25, 0.3) is 11.8 Å². The highest BCUT2D eigenvalue weighted by Crippen LogP contribution is 2.45. The SMILES string of the molecule is C.NNC(=O)c1cnc(NC2(c3ccc(C(F)(F)F)cc3)CCC2)nc1.O=C(NNC(=O)C(F)F)c1cnc(NC2(c3ccc(C(F)(F)F)cc3)CCC2)nc1. The molecule has 21 heteroatoms. The van der Waals surface area contributed by atoms with Crippen LogP contribution in [0.3, 0.4) is 0 Å². The van der Waals surface area contributed by atoms with Gasteiger partial charge in [-0.25, -0.2) is 25.8 Å². The molecule has 2 aliphatic rings. The van der Waals surface area contributed by atoms with Gasteiger partial charge in [-0.05, 0) is 73.9 Å². The standard InChI is InChI=1S/C18H16F5N5O2.C16H16F3N5O.CH4/c19-13(20)15(30)28-27-14(29)10-8-24-16(25-9-10)26-17(6-1-7-17)11-2-4-12(5-3-11)18(21,22)23;17-16(18,19)12-4-2-11(3-5-12)15(6-1-7-15)23-14-21-8-10(9-22-14)13(25)24-20;/h2-5,8-9,13H,1,6-7H2,(H,27,29)(H,28,30)(H,24,25,26);2-5,8-9H,1,6-7,20H2,(H,24,25)(H,21,22,23);1H4. The van der Waals surface area contributed by atoms with E-state index in [1.54, 1.807) is 10.9 Å². The predicted octanol–water partition coefficient (Wildman–Crippen LogP) is 6.24. The monoisotopic (exact) mass is 796 g/mol. The van der Waals surface area contributed by atoms with Crippen LogP contribution < -0.4 is 32.8 Å². The summed E-state index contributed by atoms with van der Waals surface area (Å²) in [6.07, 6.45) is -2.53. The van der Waals surface area contributed by atoms with Crippen molar-refractivity contribution in [1.29, 1.82) is 0 Å². The average molecular weight is 797 g/mol. The molecule has 0 saturated heterocycles. The highest BCUT2D eigenvalue weighted by atomic mass is 19.4. The quantitative estimate of drug-likeness (QED) is 0.0490. The molecular weight excluding hydrogens is 760 g/mol. The van der Waals surface area contributed by atoms with Crippen LogP contribution in [0, 0.1) is 0 Å². The molecule has 2 heterocycles. The van der Waals surface area contributed by atoms with Gasteiger partial charge in [0.15, 0.2) is 0 Å². The Morgan fingerprint density at radius 3 is 1.25 bits per heavy atom. The first-order chi connectivity index (χ1) is 25.9. The number of aromatic nitrogens is 4. The number of benzene rings is 2. The van der Waals surface area contributed by atoms with Gasteiger partial charge in [-0.15, -0.1) is 0 Å². The van der Waals surface area contributed by atoms with Crippen LogP contribution in [0.15, 0.2) is 73.3 Å². The summed E-state index contributed by atoms with van der Waals surface area (Å²) in [6, 6.07) is 9.94. The second-order valence-corrected chi connectivity index (χ2v) is 12.6. The highest BCUT2D eigenvalue weighted by molar-refractivity contribution is 5.95. The van der Waals surface area contributed by atoms with Crippen molar-refractivity contribution in [3.63, 3.8) is 0 Å². The summed E-state index contributed by atoms with van der Waals surface area (Å²) in [7, 11) is 0. The molecule has 0 bridgehead atoms. The number of anilines is 2. The van der Waals surface area contributed by atoms with Gasteiger partial charge in [0.1, 0.15) is 0 Å². The summed E-state index contributed by atoms with van der Waals surface area (Å²) in [6.45, 7) is 0. The zero-order chi connectivity index (χ0) is 40.0. The molecule has 0 radical (unpaired) electrons. The molecule has 2 aromatic heterocycles. The summed E-state index contributed by atoms with van der Waals surface area (Å²) >= 11 is 0. The van der Waals surface area contributed by atoms with Crippen LogP contribution in [0.2, 0.25) is 0 Å². The summed E-state index contributed by atoms with van der Waals surface area (Å²) in [5.41, 5.74) is 4.31. The third-order valence-corrected chi connectivity index (χ3v) is 9.10. The number of rotatable bonds is 9. The van der Waals surface area contributed by atoms with E-state index >= 15 is 0 Å². The van der Waals surface area contributed by atoms with E-state index in [1.165, 1.54) is 36.7 Å². The number of hydrogen-bond acceptors (Lipinski definition) is 10. The summed E-state index contributed by atoms with van der Waals surface area (Å²) < 4.78 is 101. The number of halogens is 8. The first kappa shape index (κ1) is 42.7. The van der Waals surface area contributed by atoms with E-state index < -0.39 is 58.7 Å². The predicted molar refractivity (Wildman–Crippen MR) is 185 cm³/mol. The van der Waals surface area contributed by atoms with E-state index in [4.69, 9.17) is 5.84 Å². The maximum atomic E-state index is 12.8. The maximum Gasteiger partial charge on any atom is 0.416 e. The number of amides is 3. The third kappa shape index (κ3) is 10.00. The Balaban J connectivity index is 0.000000248. The van der Waals surface area contributed by atoms with Crippen molar-refractivity contribution in [2.24, 2.45) is 5.84 Å². The minimum absolute atomic E-state index is 0. The van der Waals surface area contributed by atoms with Crippen molar-refractivity contribution in [2.75, 3.05) is 10.6 Å². The van der Waals surface area contributed by atoms with E-state index in [9.17, 15) is 49.5 Å². The molecular formula is C35H36F8N10O3. The molecule has 6 rings (SSSR count).